The molecule has 0 saturated carbocycles. The van der Waals surface area contributed by atoms with Gasteiger partial charge in [0.1, 0.15) is 35.9 Å². The zero-order valence-corrected chi connectivity index (χ0v) is 23.0. The number of amides is 2. The SMILES string of the molecule is COc1cc(N(C(=O)Cn2nnc3ccccc32)[C@@H](C(=O)NC[C@H]2CCCO2)c2cccs2)ccc1-n1cnnn1. The number of methoxy groups -OCH3 is 1. The van der Waals surface area contributed by atoms with Crippen molar-refractivity contribution in [1.82, 2.24) is 40.5 Å². The van der Waals surface area contributed by atoms with Crippen LogP contribution in [0, 0.1) is 0 Å². The Morgan fingerprint density at radius 1 is 1.20 bits per heavy atom. The lowest BCUT2D eigenvalue weighted by atomic mass is 10.1. The van der Waals surface area contributed by atoms with E-state index in [2.05, 4.69) is 31.2 Å². The number of anilines is 1. The van der Waals surface area contributed by atoms with Gasteiger partial charge in [-0.15, -0.1) is 21.5 Å². The molecule has 2 aromatic carbocycles. The number of fused-ring (bicyclic) bond motifs is 1. The fraction of sp³-hybridized carbons (Fsp3) is 0.296. The molecule has 1 aliphatic rings. The van der Waals surface area contributed by atoms with Crippen molar-refractivity contribution in [3.63, 3.8) is 0 Å². The number of nitrogens with one attached hydrogen (secondary N) is 1. The normalized spacial score (nSPS) is 15.6. The molecular weight excluding hydrogens is 546 g/mol. The van der Waals surface area contributed by atoms with Gasteiger partial charge in [0, 0.05) is 29.8 Å². The number of ether oxygens (including phenoxy) is 2. The van der Waals surface area contributed by atoms with Crippen LogP contribution in [0.25, 0.3) is 16.7 Å². The number of hydrogen-bond donors (Lipinski definition) is 1. The summed E-state index contributed by atoms with van der Waals surface area (Å²) in [7, 11) is 1.52. The number of thiophene rings is 1. The van der Waals surface area contributed by atoms with E-state index in [1.807, 2.05) is 41.8 Å². The second-order valence-electron chi connectivity index (χ2n) is 9.41. The molecule has 5 aromatic rings. The largest absolute Gasteiger partial charge is 0.494 e. The number of rotatable bonds is 10. The number of nitrogens with zero attached hydrogens (tertiary/aromatic N) is 8. The topological polar surface area (TPSA) is 142 Å². The smallest absolute Gasteiger partial charge is 0.249 e. The lowest BCUT2D eigenvalue weighted by Gasteiger charge is -2.31. The Morgan fingerprint density at radius 2 is 2.10 bits per heavy atom. The summed E-state index contributed by atoms with van der Waals surface area (Å²) in [5.41, 5.74) is 2.41. The van der Waals surface area contributed by atoms with E-state index < -0.39 is 6.04 Å². The van der Waals surface area contributed by atoms with Crippen LogP contribution < -0.4 is 15.0 Å². The van der Waals surface area contributed by atoms with Crippen LogP contribution in [-0.4, -0.2) is 73.4 Å². The second-order valence-corrected chi connectivity index (χ2v) is 10.4. The maximum absolute atomic E-state index is 14.2. The van der Waals surface area contributed by atoms with Crippen molar-refractivity contribution in [3.8, 4) is 11.4 Å². The van der Waals surface area contributed by atoms with E-state index in [0.29, 0.717) is 46.2 Å². The highest BCUT2D eigenvalue weighted by Crippen LogP contribution is 2.35. The molecule has 0 aliphatic carbocycles. The minimum absolute atomic E-state index is 0.0516. The Kier molecular flexibility index (Phi) is 7.65. The first-order valence-corrected chi connectivity index (χ1v) is 13.9. The zero-order chi connectivity index (χ0) is 28.2. The average molecular weight is 574 g/mol. The number of hydrogen-bond acceptors (Lipinski definition) is 10. The average Bonchev–Trinajstić information content (AvgIpc) is 3.83. The van der Waals surface area contributed by atoms with Crippen LogP contribution in [0.5, 0.6) is 5.75 Å². The number of tetrazole rings is 1. The Morgan fingerprint density at radius 3 is 2.85 bits per heavy atom. The quantitative estimate of drug-likeness (QED) is 0.267. The Hall–Kier alpha value is -4.69. The summed E-state index contributed by atoms with van der Waals surface area (Å²) in [6.45, 7) is 0.898. The maximum Gasteiger partial charge on any atom is 0.249 e. The van der Waals surface area contributed by atoms with E-state index in [1.165, 1.54) is 39.0 Å². The molecule has 2 amide bonds. The van der Waals surface area contributed by atoms with E-state index >= 15 is 0 Å². The van der Waals surface area contributed by atoms with E-state index in [4.69, 9.17) is 9.47 Å². The van der Waals surface area contributed by atoms with Crippen LogP contribution in [0.3, 0.4) is 0 Å². The van der Waals surface area contributed by atoms with E-state index in [-0.39, 0.29) is 24.5 Å². The third-order valence-electron chi connectivity index (χ3n) is 6.86. The summed E-state index contributed by atoms with van der Waals surface area (Å²) in [5.74, 6) is -0.254. The predicted octanol–water partition coefficient (Wildman–Crippen LogP) is 2.55. The molecule has 0 bridgehead atoms. The fourth-order valence-corrected chi connectivity index (χ4v) is 5.70. The third-order valence-corrected chi connectivity index (χ3v) is 7.78. The van der Waals surface area contributed by atoms with Crippen LogP contribution in [-0.2, 0) is 20.9 Å². The van der Waals surface area contributed by atoms with Gasteiger partial charge in [-0.3, -0.25) is 14.5 Å². The van der Waals surface area contributed by atoms with Crippen molar-refractivity contribution in [2.45, 2.75) is 31.5 Å². The zero-order valence-electron chi connectivity index (χ0n) is 22.2. The molecule has 210 valence electrons. The molecule has 1 fully saturated rings. The lowest BCUT2D eigenvalue weighted by Crippen LogP contribution is -2.46. The van der Waals surface area contributed by atoms with E-state index in [1.54, 1.807) is 18.2 Å². The standard InChI is InChI=1S/C27H27N9O4S/c1-39-23-14-18(10-11-22(23)35-17-29-31-33-35)36(25(37)16-34-21-8-3-2-7-20(21)30-32-34)26(24-9-5-13-41-24)27(38)28-15-19-6-4-12-40-19/h2-3,5,7-11,13-14,17,19,26H,4,6,12,15-16H2,1H3,(H,28,38)/t19-,26-/m1/s1. The van der Waals surface area contributed by atoms with E-state index in [0.717, 1.165) is 12.8 Å². The highest BCUT2D eigenvalue weighted by Gasteiger charge is 2.35. The predicted molar refractivity (Wildman–Crippen MR) is 150 cm³/mol. The molecule has 41 heavy (non-hydrogen) atoms. The van der Waals surface area contributed by atoms with Gasteiger partial charge in [-0.05, 0) is 59.0 Å². The minimum Gasteiger partial charge on any atom is -0.494 e. The lowest BCUT2D eigenvalue weighted by molar-refractivity contribution is -0.127. The molecule has 0 radical (unpaired) electrons. The Bertz CT molecular complexity index is 1630. The Labute approximate surface area is 238 Å². The van der Waals surface area contributed by atoms with Gasteiger partial charge in [-0.25, -0.2) is 4.68 Å². The highest BCUT2D eigenvalue weighted by molar-refractivity contribution is 7.10. The number of benzene rings is 2. The van der Waals surface area contributed by atoms with Crippen molar-refractivity contribution < 1.29 is 19.1 Å². The summed E-state index contributed by atoms with van der Waals surface area (Å²) >= 11 is 1.40. The molecule has 13 nitrogen and oxygen atoms in total. The van der Waals surface area contributed by atoms with Crippen molar-refractivity contribution in [2.24, 2.45) is 0 Å². The monoisotopic (exact) mass is 573 g/mol. The first-order chi connectivity index (χ1) is 20.1. The summed E-state index contributed by atoms with van der Waals surface area (Å²) in [5, 5.41) is 24.6. The van der Waals surface area contributed by atoms with Crippen molar-refractivity contribution in [2.75, 3.05) is 25.2 Å². The molecule has 1 N–H and O–H groups in total. The van der Waals surface area contributed by atoms with Crippen molar-refractivity contribution in [1.29, 1.82) is 0 Å². The van der Waals surface area contributed by atoms with Gasteiger partial charge < -0.3 is 14.8 Å². The van der Waals surface area contributed by atoms with Gasteiger partial charge in [0.25, 0.3) is 0 Å². The number of para-hydroxylation sites is 1. The van der Waals surface area contributed by atoms with Crippen molar-refractivity contribution in [3.05, 3.63) is 71.2 Å². The van der Waals surface area contributed by atoms with Crippen LogP contribution >= 0.6 is 11.3 Å². The van der Waals surface area contributed by atoms with Crippen LogP contribution in [0.1, 0.15) is 23.8 Å². The molecular formula is C27H27N9O4S. The minimum atomic E-state index is -0.956. The molecule has 4 heterocycles. The second kappa shape index (κ2) is 11.8. The van der Waals surface area contributed by atoms with Gasteiger partial charge in [-0.1, -0.05) is 23.4 Å². The molecule has 0 spiro atoms. The van der Waals surface area contributed by atoms with Gasteiger partial charge >= 0.3 is 0 Å². The van der Waals surface area contributed by atoms with Crippen LogP contribution in [0.4, 0.5) is 5.69 Å². The van der Waals surface area contributed by atoms with Crippen LogP contribution in [0.15, 0.2) is 66.3 Å². The van der Waals surface area contributed by atoms with Crippen LogP contribution in [0.2, 0.25) is 0 Å². The maximum atomic E-state index is 14.2. The first-order valence-electron chi connectivity index (χ1n) is 13.1. The molecule has 2 atom stereocenters. The summed E-state index contributed by atoms with van der Waals surface area (Å²) in [6.07, 6.45) is 3.23. The molecule has 1 saturated heterocycles. The fourth-order valence-electron chi connectivity index (χ4n) is 4.89. The summed E-state index contributed by atoms with van der Waals surface area (Å²) in [4.78, 5) is 30.3. The Balaban J connectivity index is 1.40. The molecule has 3 aromatic heterocycles. The van der Waals surface area contributed by atoms with Gasteiger partial charge in [0.15, 0.2) is 0 Å². The first kappa shape index (κ1) is 26.5. The number of carbonyl (C=O) groups excluding carboxylic acids is 2. The van der Waals surface area contributed by atoms with Gasteiger partial charge in [0.2, 0.25) is 11.8 Å². The van der Waals surface area contributed by atoms with Gasteiger partial charge in [0.05, 0.1) is 18.7 Å². The molecule has 1 aliphatic heterocycles. The third kappa shape index (κ3) is 5.51. The number of carbonyl (C=O) groups is 2. The van der Waals surface area contributed by atoms with Gasteiger partial charge in [-0.2, -0.15) is 4.68 Å². The summed E-state index contributed by atoms with van der Waals surface area (Å²) < 4.78 is 14.4. The molecule has 6 rings (SSSR count). The van der Waals surface area contributed by atoms with E-state index in [9.17, 15) is 9.59 Å². The van der Waals surface area contributed by atoms with Crippen molar-refractivity contribution >= 4 is 39.9 Å². The molecule has 0 unspecified atom stereocenters. The summed E-state index contributed by atoms with van der Waals surface area (Å²) in [6, 6.07) is 15.3. The number of aromatic nitrogens is 7. The highest BCUT2D eigenvalue weighted by atomic mass is 32.1. The molecule has 14 heteroatoms.